The van der Waals surface area contributed by atoms with Gasteiger partial charge in [-0.1, -0.05) is 43.2 Å². The zero-order chi connectivity index (χ0) is 30.0. The monoisotopic (exact) mass is 599 g/mol. The number of sulfonamides is 1. The van der Waals surface area contributed by atoms with Crippen LogP contribution in [0, 0.1) is 16.7 Å². The summed E-state index contributed by atoms with van der Waals surface area (Å²) in [5, 5.41) is 23.7. The molecule has 0 bridgehead atoms. The second kappa shape index (κ2) is 14.8. The number of carbonyl (C=O) groups is 1. The minimum atomic E-state index is -4.05. The Morgan fingerprint density at radius 3 is 2.52 bits per heavy atom. The minimum Gasteiger partial charge on any atom is -0.497 e. The zero-order valence-corrected chi connectivity index (χ0v) is 24.9. The Kier molecular flexibility index (Phi) is 11.2. The predicted octanol–water partition coefficient (Wildman–Crippen LogP) is 4.04. The molecule has 10 nitrogen and oxygen atoms in total. The summed E-state index contributed by atoms with van der Waals surface area (Å²) in [5.74, 6) is 0.528. The average Bonchev–Trinajstić information content (AvgIpc) is 3.68. The van der Waals surface area contributed by atoms with Gasteiger partial charge in [-0.25, -0.2) is 13.2 Å². The van der Waals surface area contributed by atoms with E-state index in [1.807, 2.05) is 30.3 Å². The maximum absolute atomic E-state index is 14.1. The number of rotatable bonds is 14. The Labute approximate surface area is 248 Å². The first kappa shape index (κ1) is 31.8. The van der Waals surface area contributed by atoms with E-state index >= 15 is 0 Å². The Morgan fingerprint density at radius 2 is 1.90 bits per heavy atom. The summed E-state index contributed by atoms with van der Waals surface area (Å²) in [6, 6.07) is 16.9. The largest absolute Gasteiger partial charge is 0.497 e. The van der Waals surface area contributed by atoms with Crippen LogP contribution in [-0.4, -0.2) is 75.6 Å². The molecule has 1 saturated heterocycles. The predicted molar refractivity (Wildman–Crippen MR) is 156 cm³/mol. The number of aliphatic hydroxyl groups is 1. The van der Waals surface area contributed by atoms with E-state index in [1.54, 1.807) is 12.1 Å². The molecule has 2 N–H and O–H groups in total. The van der Waals surface area contributed by atoms with Gasteiger partial charge in [0.25, 0.3) is 0 Å². The van der Waals surface area contributed by atoms with Gasteiger partial charge in [-0.2, -0.15) is 9.57 Å². The third-order valence-electron chi connectivity index (χ3n) is 8.26. The normalized spacial score (nSPS) is 19.6. The molecule has 228 valence electrons. The number of methoxy groups -OCH3 is 1. The fourth-order valence-corrected chi connectivity index (χ4v) is 7.45. The maximum atomic E-state index is 14.1. The lowest BCUT2D eigenvalue weighted by molar-refractivity contribution is 0.0614. The van der Waals surface area contributed by atoms with Gasteiger partial charge in [-0.3, -0.25) is 0 Å². The maximum Gasteiger partial charge on any atom is 0.407 e. The molecule has 1 heterocycles. The van der Waals surface area contributed by atoms with Crippen LogP contribution in [0.1, 0.15) is 50.5 Å². The molecule has 1 aliphatic carbocycles. The van der Waals surface area contributed by atoms with Gasteiger partial charge in [0.1, 0.15) is 11.9 Å². The van der Waals surface area contributed by atoms with Gasteiger partial charge in [0.15, 0.2) is 0 Å². The van der Waals surface area contributed by atoms with Crippen molar-refractivity contribution < 1.29 is 32.5 Å². The van der Waals surface area contributed by atoms with Crippen molar-refractivity contribution in [1.29, 1.82) is 5.26 Å². The molecule has 4 rings (SSSR count). The van der Waals surface area contributed by atoms with Crippen molar-refractivity contribution >= 4 is 16.1 Å². The first-order valence-corrected chi connectivity index (χ1v) is 16.0. The Bertz CT molecular complexity index is 1290. The fourth-order valence-electron chi connectivity index (χ4n) is 5.88. The van der Waals surface area contributed by atoms with Gasteiger partial charge in [0.05, 0.1) is 43.4 Å². The molecule has 3 atom stereocenters. The number of hydrogen-bond donors (Lipinski definition) is 2. The van der Waals surface area contributed by atoms with Crippen molar-refractivity contribution in [3.63, 3.8) is 0 Å². The summed E-state index contributed by atoms with van der Waals surface area (Å²) >= 11 is 0. The van der Waals surface area contributed by atoms with Crippen LogP contribution < -0.4 is 10.1 Å². The van der Waals surface area contributed by atoms with E-state index in [-0.39, 0.29) is 35.9 Å². The van der Waals surface area contributed by atoms with Crippen molar-refractivity contribution in [2.45, 2.75) is 74.5 Å². The molecular weight excluding hydrogens is 558 g/mol. The molecule has 2 aromatic rings. The van der Waals surface area contributed by atoms with Crippen LogP contribution in [0.25, 0.3) is 0 Å². The van der Waals surface area contributed by atoms with Crippen LogP contribution in [-0.2, 0) is 25.9 Å². The van der Waals surface area contributed by atoms with Gasteiger partial charge in [0.2, 0.25) is 10.0 Å². The van der Waals surface area contributed by atoms with Gasteiger partial charge in [0, 0.05) is 25.9 Å². The number of nitrogens with zero attached hydrogens (tertiary/aromatic N) is 2. The second-order valence-electron chi connectivity index (χ2n) is 11.2. The highest BCUT2D eigenvalue weighted by molar-refractivity contribution is 7.89. The first-order valence-electron chi connectivity index (χ1n) is 14.5. The van der Waals surface area contributed by atoms with Gasteiger partial charge >= 0.3 is 6.09 Å². The summed E-state index contributed by atoms with van der Waals surface area (Å²) in [6.07, 6.45) is 3.00. The molecular formula is C31H41N3O7S. The van der Waals surface area contributed by atoms with Crippen LogP contribution in [0.4, 0.5) is 4.79 Å². The summed E-state index contributed by atoms with van der Waals surface area (Å²) in [6.45, 7) is 0.757. The quantitative estimate of drug-likeness (QED) is 0.332. The summed E-state index contributed by atoms with van der Waals surface area (Å²) in [4.78, 5) is 12.9. The van der Waals surface area contributed by atoms with Crippen molar-refractivity contribution in [3.05, 3.63) is 60.2 Å². The fraction of sp³-hybridized carbons (Fsp3) is 0.548. The number of carbonyl (C=O) groups excluding carboxylic acids is 1. The second-order valence-corrected chi connectivity index (χ2v) is 13.2. The smallest absolute Gasteiger partial charge is 0.407 e. The molecule has 2 aliphatic rings. The van der Waals surface area contributed by atoms with Crippen LogP contribution in [0.15, 0.2) is 59.5 Å². The number of aliphatic hydroxyl groups excluding tert-OH is 1. The Hall–Kier alpha value is -3.17. The molecule has 0 spiro atoms. The number of alkyl carbamates (subject to hydrolysis) is 1. The number of hydrogen-bond acceptors (Lipinski definition) is 8. The lowest BCUT2D eigenvalue weighted by Crippen LogP contribution is -2.52. The lowest BCUT2D eigenvalue weighted by atomic mass is 9.81. The third kappa shape index (κ3) is 8.44. The highest BCUT2D eigenvalue weighted by atomic mass is 32.2. The number of nitrogens with one attached hydrogen (secondary N) is 1. The lowest BCUT2D eigenvalue weighted by Gasteiger charge is -2.36. The number of amides is 1. The highest BCUT2D eigenvalue weighted by Crippen LogP contribution is 2.43. The highest BCUT2D eigenvalue weighted by Gasteiger charge is 2.40. The third-order valence-corrected chi connectivity index (χ3v) is 10.1. The van der Waals surface area contributed by atoms with E-state index in [2.05, 4.69) is 11.4 Å². The van der Waals surface area contributed by atoms with Crippen LogP contribution >= 0.6 is 0 Å². The molecule has 2 aromatic carbocycles. The Balaban J connectivity index is 1.61. The van der Waals surface area contributed by atoms with Gasteiger partial charge < -0.3 is 24.6 Å². The van der Waals surface area contributed by atoms with Crippen LogP contribution in [0.3, 0.4) is 0 Å². The van der Waals surface area contributed by atoms with Crippen molar-refractivity contribution in [3.8, 4) is 11.8 Å². The number of nitriles is 1. The topological polar surface area (TPSA) is 138 Å². The number of ether oxygens (including phenoxy) is 3. The summed E-state index contributed by atoms with van der Waals surface area (Å²) < 4.78 is 45.5. The van der Waals surface area contributed by atoms with E-state index in [0.717, 1.165) is 31.2 Å². The molecule has 0 aromatic heterocycles. The van der Waals surface area contributed by atoms with Crippen LogP contribution in [0.5, 0.6) is 5.75 Å². The molecule has 1 saturated carbocycles. The van der Waals surface area contributed by atoms with E-state index in [1.165, 1.54) is 23.5 Å². The van der Waals surface area contributed by atoms with Gasteiger partial charge in [-0.15, -0.1) is 0 Å². The molecule has 1 aliphatic heterocycles. The van der Waals surface area contributed by atoms with E-state index in [0.29, 0.717) is 38.2 Å². The molecule has 0 unspecified atom stereocenters. The van der Waals surface area contributed by atoms with Crippen molar-refractivity contribution in [1.82, 2.24) is 9.62 Å². The SMILES string of the molecule is COc1ccc(S(=O)(=O)N(C[C@@H](O)[C@H](Cc2ccccc2)NC(=O)O[C@H]2CCOC2)CC2(CCC#N)CCCC2)cc1. The molecule has 1 amide bonds. The summed E-state index contributed by atoms with van der Waals surface area (Å²) in [5.41, 5.74) is 0.510. The molecule has 11 heteroatoms. The van der Waals surface area contributed by atoms with E-state index < -0.39 is 28.3 Å². The van der Waals surface area contributed by atoms with Crippen molar-refractivity contribution in [2.24, 2.45) is 5.41 Å². The zero-order valence-electron chi connectivity index (χ0n) is 24.1. The number of benzene rings is 2. The molecule has 0 radical (unpaired) electrons. The minimum absolute atomic E-state index is 0.0807. The average molecular weight is 600 g/mol. The van der Waals surface area contributed by atoms with Crippen molar-refractivity contribution in [2.75, 3.05) is 33.4 Å². The van der Waals surface area contributed by atoms with E-state index in [4.69, 9.17) is 14.2 Å². The molecule has 42 heavy (non-hydrogen) atoms. The van der Waals surface area contributed by atoms with Gasteiger partial charge in [-0.05, 0) is 60.9 Å². The summed E-state index contributed by atoms with van der Waals surface area (Å²) in [7, 11) is -2.54. The van der Waals surface area contributed by atoms with Crippen LogP contribution in [0.2, 0.25) is 0 Å². The van der Waals surface area contributed by atoms with E-state index in [9.17, 15) is 23.6 Å². The standard InChI is InChI=1S/C31H41N3O7S/c1-39-25-10-12-27(13-11-25)42(37,38)34(23-31(17-7-18-32)15-5-6-16-31)21-29(35)28(20-24-8-3-2-4-9-24)33-30(36)41-26-14-19-40-22-26/h2-4,8-13,26,28-29,35H,5-7,14-17,19-23H2,1H3,(H,33,36)/t26-,28-,29+/m0/s1. The molecule has 2 fully saturated rings. The first-order chi connectivity index (χ1) is 20.2. The Morgan fingerprint density at radius 1 is 1.19 bits per heavy atom.